The minimum atomic E-state index is -4.33. The van der Waals surface area contributed by atoms with Crippen molar-refractivity contribution < 1.29 is 27.1 Å². The largest absolute Gasteiger partial charge is 0.451 e. The van der Waals surface area contributed by atoms with Crippen LogP contribution < -0.4 is 10.0 Å². The molecule has 1 heterocycles. The molecule has 0 fully saturated rings. The molecule has 0 saturated carbocycles. The Morgan fingerprint density at radius 1 is 1.16 bits per heavy atom. The van der Waals surface area contributed by atoms with Gasteiger partial charge in [0.2, 0.25) is 10.0 Å². The van der Waals surface area contributed by atoms with Gasteiger partial charge in [-0.15, -0.1) is 0 Å². The van der Waals surface area contributed by atoms with Crippen LogP contribution in [0.2, 0.25) is 0 Å². The Bertz CT molecular complexity index is 1080. The van der Waals surface area contributed by atoms with Crippen molar-refractivity contribution in [2.24, 2.45) is 13.0 Å². The van der Waals surface area contributed by atoms with Gasteiger partial charge in [-0.25, -0.2) is 12.8 Å². The molecule has 170 valence electrons. The number of nitrogens with one attached hydrogen (secondary N) is 2. The quantitative estimate of drug-likeness (QED) is 0.589. The van der Waals surface area contributed by atoms with Gasteiger partial charge in [0.15, 0.2) is 6.10 Å². The first-order valence-electron chi connectivity index (χ1n) is 9.63. The van der Waals surface area contributed by atoms with Crippen LogP contribution in [0.15, 0.2) is 29.2 Å². The number of nitrogens with zero attached hydrogens (tertiary/aromatic N) is 2. The summed E-state index contributed by atoms with van der Waals surface area (Å²) in [6.45, 7) is 8.08. The molecule has 2 rings (SSSR count). The van der Waals surface area contributed by atoms with Crippen molar-refractivity contribution in [3.05, 3.63) is 41.5 Å². The molecular weight excluding hydrogens is 427 g/mol. The second-order valence-corrected chi connectivity index (χ2v) is 9.19. The van der Waals surface area contributed by atoms with Gasteiger partial charge in [0.05, 0.1) is 17.1 Å². The highest BCUT2D eigenvalue weighted by Gasteiger charge is 2.33. The van der Waals surface area contributed by atoms with Crippen molar-refractivity contribution in [3.8, 4) is 0 Å². The van der Waals surface area contributed by atoms with E-state index < -0.39 is 50.7 Å². The molecular formula is C20H27FN4O5S. The third kappa shape index (κ3) is 5.67. The average molecular weight is 455 g/mol. The van der Waals surface area contributed by atoms with Gasteiger partial charge in [-0.1, -0.05) is 26.0 Å². The summed E-state index contributed by atoms with van der Waals surface area (Å²) in [7, 11) is -2.60. The lowest BCUT2D eigenvalue weighted by atomic mass is 10.1. The lowest BCUT2D eigenvalue weighted by Gasteiger charge is -2.23. The van der Waals surface area contributed by atoms with E-state index in [-0.39, 0.29) is 0 Å². The topological polar surface area (TPSA) is 119 Å². The van der Waals surface area contributed by atoms with Crippen LogP contribution in [0.25, 0.3) is 0 Å². The predicted molar refractivity (Wildman–Crippen MR) is 112 cm³/mol. The van der Waals surface area contributed by atoms with Gasteiger partial charge in [0, 0.05) is 7.05 Å². The summed E-state index contributed by atoms with van der Waals surface area (Å²) in [5.74, 6) is -3.00. The summed E-state index contributed by atoms with van der Waals surface area (Å²) in [6.07, 6.45) is -1.20. The number of hydrogen-bond acceptors (Lipinski definition) is 6. The number of hydrogen-bond donors (Lipinski definition) is 2. The molecule has 2 N–H and O–H groups in total. The van der Waals surface area contributed by atoms with Gasteiger partial charge in [-0.3, -0.25) is 14.3 Å². The number of carbonyl (C=O) groups excluding carboxylic acids is 2. The molecule has 0 aliphatic rings. The van der Waals surface area contributed by atoms with Crippen molar-refractivity contribution in [1.29, 1.82) is 0 Å². The first-order valence-corrected chi connectivity index (χ1v) is 11.1. The van der Waals surface area contributed by atoms with Gasteiger partial charge in [-0.2, -0.15) is 9.82 Å². The molecule has 31 heavy (non-hydrogen) atoms. The standard InChI is InChI=1S/C20H27FN4O5S/c1-11(2)17(24-31(28,29)16-10-8-7-9-15(16)21)20(27)30-14(5)19(26)22-18-12(3)23-25(6)13(18)4/h7-11,14,17,24H,1-6H3,(H,22,26)/t14?,17-/m0/s1. The van der Waals surface area contributed by atoms with Crippen LogP contribution in [0.5, 0.6) is 0 Å². The number of halogens is 1. The maximum atomic E-state index is 13.9. The summed E-state index contributed by atoms with van der Waals surface area (Å²) in [5, 5.41) is 6.86. The van der Waals surface area contributed by atoms with E-state index in [2.05, 4.69) is 15.1 Å². The zero-order valence-corrected chi connectivity index (χ0v) is 19.1. The van der Waals surface area contributed by atoms with Crippen molar-refractivity contribution in [1.82, 2.24) is 14.5 Å². The van der Waals surface area contributed by atoms with Crippen LogP contribution in [0, 0.1) is 25.6 Å². The molecule has 1 aromatic carbocycles. The maximum absolute atomic E-state index is 13.9. The third-order valence-electron chi connectivity index (χ3n) is 4.75. The van der Waals surface area contributed by atoms with Crippen molar-refractivity contribution >= 4 is 27.6 Å². The van der Waals surface area contributed by atoms with Crippen molar-refractivity contribution in [2.45, 2.75) is 51.7 Å². The van der Waals surface area contributed by atoms with Crippen LogP contribution in [-0.2, 0) is 31.4 Å². The second-order valence-electron chi connectivity index (χ2n) is 7.51. The van der Waals surface area contributed by atoms with Crippen LogP contribution in [0.1, 0.15) is 32.2 Å². The summed E-state index contributed by atoms with van der Waals surface area (Å²) in [5.41, 5.74) is 1.84. The van der Waals surface area contributed by atoms with E-state index in [9.17, 15) is 22.4 Å². The van der Waals surface area contributed by atoms with E-state index in [1.165, 1.54) is 19.1 Å². The van der Waals surface area contributed by atoms with Crippen LogP contribution >= 0.6 is 0 Å². The molecule has 0 aliphatic heterocycles. The molecule has 2 aromatic rings. The number of rotatable bonds is 8. The van der Waals surface area contributed by atoms with Gasteiger partial charge in [-0.05, 0) is 38.8 Å². The first-order chi connectivity index (χ1) is 14.3. The highest BCUT2D eigenvalue weighted by atomic mass is 32.2. The van der Waals surface area contributed by atoms with E-state index in [0.717, 1.165) is 17.8 Å². The number of sulfonamides is 1. The molecule has 1 amide bonds. The SMILES string of the molecule is Cc1nn(C)c(C)c1NC(=O)C(C)OC(=O)[C@@H](NS(=O)(=O)c1ccccc1F)C(C)C. The fraction of sp³-hybridized carbons (Fsp3) is 0.450. The van der Waals surface area contributed by atoms with Crippen LogP contribution in [-0.4, -0.2) is 42.2 Å². The lowest BCUT2D eigenvalue weighted by molar-refractivity contribution is -0.155. The third-order valence-corrected chi connectivity index (χ3v) is 6.22. The smallest absolute Gasteiger partial charge is 0.325 e. The summed E-state index contributed by atoms with van der Waals surface area (Å²) in [6, 6.07) is 3.51. The van der Waals surface area contributed by atoms with Crippen LogP contribution in [0.3, 0.4) is 0 Å². The number of aryl methyl sites for hydroxylation is 2. The van der Waals surface area contributed by atoms with E-state index in [1.807, 2.05) is 0 Å². The fourth-order valence-electron chi connectivity index (χ4n) is 2.83. The Morgan fingerprint density at radius 3 is 2.29 bits per heavy atom. The first kappa shape index (κ1) is 24.5. The molecule has 0 radical (unpaired) electrons. The monoisotopic (exact) mass is 454 g/mol. The Balaban J connectivity index is 2.13. The normalized spacial score (nSPS) is 13.7. The minimum absolute atomic E-state index is 0.510. The van der Waals surface area contributed by atoms with E-state index in [1.54, 1.807) is 39.4 Å². The molecule has 1 unspecified atom stereocenters. The number of amides is 1. The predicted octanol–water partition coefficient (Wildman–Crippen LogP) is 2.05. The van der Waals surface area contributed by atoms with E-state index in [4.69, 9.17) is 4.74 Å². The molecule has 1 aromatic heterocycles. The average Bonchev–Trinajstić information content (AvgIpc) is 2.92. The van der Waals surface area contributed by atoms with Gasteiger partial charge >= 0.3 is 5.97 Å². The number of benzene rings is 1. The van der Waals surface area contributed by atoms with E-state index >= 15 is 0 Å². The number of carbonyl (C=O) groups is 2. The molecule has 9 nitrogen and oxygen atoms in total. The molecule has 0 spiro atoms. The summed E-state index contributed by atoms with van der Waals surface area (Å²) >= 11 is 0. The number of ether oxygens (including phenoxy) is 1. The molecule has 0 saturated heterocycles. The Kier molecular flexibility index (Phi) is 7.55. The molecule has 2 atom stereocenters. The molecule has 11 heteroatoms. The van der Waals surface area contributed by atoms with Gasteiger partial charge < -0.3 is 10.1 Å². The van der Waals surface area contributed by atoms with Gasteiger partial charge in [0.1, 0.15) is 16.8 Å². The summed E-state index contributed by atoms with van der Waals surface area (Å²) in [4.78, 5) is 24.6. The number of anilines is 1. The number of aromatic nitrogens is 2. The van der Waals surface area contributed by atoms with Crippen LogP contribution in [0.4, 0.5) is 10.1 Å². The Labute approximate surface area is 181 Å². The lowest BCUT2D eigenvalue weighted by Crippen LogP contribution is -2.47. The second kappa shape index (κ2) is 9.56. The molecule has 0 bridgehead atoms. The highest BCUT2D eigenvalue weighted by molar-refractivity contribution is 7.89. The van der Waals surface area contributed by atoms with Gasteiger partial charge in [0.25, 0.3) is 5.91 Å². The minimum Gasteiger partial charge on any atom is -0.451 e. The number of esters is 1. The Morgan fingerprint density at radius 2 is 1.77 bits per heavy atom. The van der Waals surface area contributed by atoms with Crippen molar-refractivity contribution in [3.63, 3.8) is 0 Å². The molecule has 0 aliphatic carbocycles. The zero-order valence-electron chi connectivity index (χ0n) is 18.3. The zero-order chi connectivity index (χ0) is 23.5. The maximum Gasteiger partial charge on any atom is 0.325 e. The van der Waals surface area contributed by atoms with E-state index in [0.29, 0.717) is 11.4 Å². The summed E-state index contributed by atoms with van der Waals surface area (Å²) < 4.78 is 48.0. The van der Waals surface area contributed by atoms with Crippen molar-refractivity contribution in [2.75, 3.05) is 5.32 Å². The Hall–Kier alpha value is -2.79. The fourth-order valence-corrected chi connectivity index (χ4v) is 4.24. The highest BCUT2D eigenvalue weighted by Crippen LogP contribution is 2.19.